The van der Waals surface area contributed by atoms with Crippen LogP contribution < -0.4 is 4.74 Å². The molecule has 0 aromatic heterocycles. The van der Waals surface area contributed by atoms with Crippen LogP contribution in [0.5, 0.6) is 5.75 Å². The highest BCUT2D eigenvalue weighted by Crippen LogP contribution is 2.25. The second kappa shape index (κ2) is 3.69. The predicted molar refractivity (Wildman–Crippen MR) is 41.7 cm³/mol. The molecule has 0 aliphatic heterocycles. The molecule has 0 unspecified atom stereocenters. The van der Waals surface area contributed by atoms with Crippen LogP contribution in [0.3, 0.4) is 0 Å². The summed E-state index contributed by atoms with van der Waals surface area (Å²) in [6.45, 7) is 4.61. The molecule has 14 heavy (non-hydrogen) atoms. The molecule has 1 aromatic carbocycles. The van der Waals surface area contributed by atoms with E-state index in [1.54, 1.807) is 0 Å². The van der Waals surface area contributed by atoms with Gasteiger partial charge in [-0.2, -0.15) is 4.39 Å². The Bertz CT molecular complexity index is 387. The summed E-state index contributed by atoms with van der Waals surface area (Å²) in [5.74, 6) is -7.55. The molecule has 0 radical (unpaired) electrons. The van der Waals surface area contributed by atoms with E-state index in [9.17, 15) is 17.6 Å². The average molecular weight is 206 g/mol. The molecule has 0 N–H and O–H groups in total. The Morgan fingerprint density at radius 1 is 1.14 bits per heavy atom. The standard InChI is InChI=1S/C9H6F4O/c1-4(2)14-6-3-5(10)7(11)9(13)8(6)12/h3H,1H2,2H3. The van der Waals surface area contributed by atoms with Crippen molar-refractivity contribution < 1.29 is 22.3 Å². The molecule has 0 amide bonds. The highest BCUT2D eigenvalue weighted by molar-refractivity contribution is 5.28. The van der Waals surface area contributed by atoms with Gasteiger partial charge in [0.2, 0.25) is 11.6 Å². The van der Waals surface area contributed by atoms with Gasteiger partial charge >= 0.3 is 0 Å². The van der Waals surface area contributed by atoms with Gasteiger partial charge < -0.3 is 4.74 Å². The molecule has 5 heteroatoms. The van der Waals surface area contributed by atoms with Crippen molar-refractivity contribution in [2.75, 3.05) is 0 Å². The molecule has 0 fully saturated rings. The van der Waals surface area contributed by atoms with Crippen molar-refractivity contribution in [3.63, 3.8) is 0 Å². The first kappa shape index (κ1) is 10.6. The molecule has 1 aromatic rings. The van der Waals surface area contributed by atoms with Crippen LogP contribution in [0.1, 0.15) is 6.92 Å². The van der Waals surface area contributed by atoms with E-state index < -0.39 is 29.0 Å². The summed E-state index contributed by atoms with van der Waals surface area (Å²) in [6, 6.07) is 0.419. The topological polar surface area (TPSA) is 9.23 Å². The van der Waals surface area contributed by atoms with Crippen LogP contribution in [-0.2, 0) is 0 Å². The third-order valence-electron chi connectivity index (χ3n) is 1.35. The molecule has 1 nitrogen and oxygen atoms in total. The number of hydrogen-bond acceptors (Lipinski definition) is 1. The van der Waals surface area contributed by atoms with Gasteiger partial charge in [0, 0.05) is 6.07 Å². The maximum Gasteiger partial charge on any atom is 0.204 e. The molecule has 0 atom stereocenters. The van der Waals surface area contributed by atoms with Crippen molar-refractivity contribution in [1.29, 1.82) is 0 Å². The van der Waals surface area contributed by atoms with E-state index in [2.05, 4.69) is 11.3 Å². The summed E-state index contributed by atoms with van der Waals surface area (Å²) in [4.78, 5) is 0. The van der Waals surface area contributed by atoms with Crippen LogP contribution in [0.2, 0.25) is 0 Å². The van der Waals surface area contributed by atoms with Crippen LogP contribution >= 0.6 is 0 Å². The van der Waals surface area contributed by atoms with Gasteiger partial charge in [-0.25, -0.2) is 13.2 Å². The quantitative estimate of drug-likeness (QED) is 0.312. The molecule has 0 aliphatic rings. The highest BCUT2D eigenvalue weighted by atomic mass is 19.2. The Morgan fingerprint density at radius 2 is 1.71 bits per heavy atom. The molecular formula is C9H6F4O. The minimum atomic E-state index is -1.90. The van der Waals surface area contributed by atoms with Crippen LogP contribution in [0.25, 0.3) is 0 Å². The number of allylic oxidation sites excluding steroid dienone is 1. The third-order valence-corrected chi connectivity index (χ3v) is 1.35. The molecule has 0 spiro atoms. The van der Waals surface area contributed by atoms with E-state index >= 15 is 0 Å². The van der Waals surface area contributed by atoms with Crippen molar-refractivity contribution in [1.82, 2.24) is 0 Å². The molecule has 76 valence electrons. The minimum absolute atomic E-state index is 0.0364. The molecule has 1 rings (SSSR count). The maximum atomic E-state index is 12.9. The predicted octanol–water partition coefficient (Wildman–Crippen LogP) is 3.16. The summed E-state index contributed by atoms with van der Waals surface area (Å²) < 4.78 is 55.0. The van der Waals surface area contributed by atoms with Gasteiger partial charge in [0.05, 0.1) is 5.76 Å². The fourth-order valence-corrected chi connectivity index (χ4v) is 0.813. The van der Waals surface area contributed by atoms with Crippen LogP contribution in [0, 0.1) is 23.3 Å². The van der Waals surface area contributed by atoms with E-state index in [1.165, 1.54) is 6.92 Å². The van der Waals surface area contributed by atoms with Crippen molar-refractivity contribution in [2.45, 2.75) is 6.92 Å². The van der Waals surface area contributed by atoms with Crippen LogP contribution in [0.4, 0.5) is 17.6 Å². The number of benzene rings is 1. The smallest absolute Gasteiger partial charge is 0.204 e. The summed E-state index contributed by atoms with van der Waals surface area (Å²) in [6.07, 6.45) is 0. The Hall–Kier alpha value is -1.52. The molecule has 0 saturated carbocycles. The van der Waals surface area contributed by atoms with E-state index in [0.29, 0.717) is 6.07 Å². The van der Waals surface area contributed by atoms with Crippen molar-refractivity contribution in [3.05, 3.63) is 41.7 Å². The van der Waals surface area contributed by atoms with Crippen molar-refractivity contribution >= 4 is 0 Å². The minimum Gasteiger partial charge on any atom is -0.459 e. The Labute approximate surface area is 77.6 Å². The van der Waals surface area contributed by atoms with Gasteiger partial charge in [-0.05, 0) is 6.92 Å². The molecule has 0 saturated heterocycles. The average Bonchev–Trinajstić information content (AvgIpc) is 2.10. The molecule has 0 bridgehead atoms. The van der Waals surface area contributed by atoms with Crippen molar-refractivity contribution in [2.24, 2.45) is 0 Å². The SMILES string of the molecule is C=C(C)Oc1cc(F)c(F)c(F)c1F. The fraction of sp³-hybridized carbons (Fsp3) is 0.111. The Morgan fingerprint density at radius 3 is 2.21 bits per heavy atom. The Balaban J connectivity index is 3.25. The Kier molecular flexibility index (Phi) is 2.78. The lowest BCUT2D eigenvalue weighted by Gasteiger charge is -2.06. The second-order valence-corrected chi connectivity index (χ2v) is 2.60. The number of hydrogen-bond donors (Lipinski definition) is 0. The van der Waals surface area contributed by atoms with E-state index in [0.717, 1.165) is 0 Å². The second-order valence-electron chi connectivity index (χ2n) is 2.60. The maximum absolute atomic E-state index is 12.9. The van der Waals surface area contributed by atoms with Gasteiger partial charge in [-0.3, -0.25) is 0 Å². The van der Waals surface area contributed by atoms with E-state index in [4.69, 9.17) is 0 Å². The highest BCUT2D eigenvalue weighted by Gasteiger charge is 2.19. The number of rotatable bonds is 2. The lowest BCUT2D eigenvalue weighted by atomic mass is 10.3. The van der Waals surface area contributed by atoms with Crippen molar-refractivity contribution in [3.8, 4) is 5.75 Å². The van der Waals surface area contributed by atoms with Gasteiger partial charge in [0.1, 0.15) is 0 Å². The monoisotopic (exact) mass is 206 g/mol. The lowest BCUT2D eigenvalue weighted by Crippen LogP contribution is -2.00. The number of halogens is 4. The normalized spacial score (nSPS) is 10.1. The summed E-state index contributed by atoms with van der Waals surface area (Å²) in [5.41, 5.74) is 0. The first-order chi connectivity index (χ1) is 6.43. The van der Waals surface area contributed by atoms with Crippen LogP contribution in [0.15, 0.2) is 18.4 Å². The largest absolute Gasteiger partial charge is 0.459 e. The van der Waals surface area contributed by atoms with Gasteiger partial charge in [0.15, 0.2) is 17.4 Å². The van der Waals surface area contributed by atoms with Crippen LogP contribution in [-0.4, -0.2) is 0 Å². The first-order valence-corrected chi connectivity index (χ1v) is 3.60. The third kappa shape index (κ3) is 1.86. The fourth-order valence-electron chi connectivity index (χ4n) is 0.813. The van der Waals surface area contributed by atoms with Gasteiger partial charge in [0.25, 0.3) is 0 Å². The summed E-state index contributed by atoms with van der Waals surface area (Å²) in [7, 11) is 0. The zero-order valence-corrected chi connectivity index (χ0v) is 7.20. The number of ether oxygens (including phenoxy) is 1. The molecular weight excluding hydrogens is 200 g/mol. The van der Waals surface area contributed by atoms with E-state index in [1.807, 2.05) is 0 Å². The first-order valence-electron chi connectivity index (χ1n) is 3.60. The zero-order chi connectivity index (χ0) is 10.9. The summed E-state index contributed by atoms with van der Waals surface area (Å²) in [5, 5.41) is 0. The van der Waals surface area contributed by atoms with Gasteiger partial charge in [-0.15, -0.1) is 0 Å². The molecule has 0 aliphatic carbocycles. The molecule has 0 heterocycles. The zero-order valence-electron chi connectivity index (χ0n) is 7.20. The van der Waals surface area contributed by atoms with Gasteiger partial charge in [-0.1, -0.05) is 6.58 Å². The summed E-state index contributed by atoms with van der Waals surface area (Å²) >= 11 is 0. The van der Waals surface area contributed by atoms with E-state index in [-0.39, 0.29) is 5.76 Å². The lowest BCUT2D eigenvalue weighted by molar-refractivity contribution is 0.354.